The number of rotatable bonds is 2. The summed E-state index contributed by atoms with van der Waals surface area (Å²) in [7, 11) is 1.60. The quantitative estimate of drug-likeness (QED) is 0.843. The summed E-state index contributed by atoms with van der Waals surface area (Å²) in [5.74, 6) is 0.503. The van der Waals surface area contributed by atoms with Crippen LogP contribution < -0.4 is 4.74 Å². The molecule has 1 aliphatic rings. The van der Waals surface area contributed by atoms with Crippen LogP contribution in [0, 0.1) is 0 Å². The van der Waals surface area contributed by atoms with Crippen molar-refractivity contribution in [3.63, 3.8) is 0 Å². The largest absolute Gasteiger partial charge is 0.496 e. The van der Waals surface area contributed by atoms with Gasteiger partial charge in [0.15, 0.2) is 5.78 Å². The fraction of sp³-hybridized carbons (Fsp3) is 0.529. The highest BCUT2D eigenvalue weighted by Crippen LogP contribution is 2.32. The number of ether oxygens (including phenoxy) is 2. The van der Waals surface area contributed by atoms with Gasteiger partial charge in [0, 0.05) is 18.0 Å². The number of hydrogen-bond donors (Lipinski definition) is 0. The molecule has 1 heterocycles. The SMILES string of the molecule is COc1ccccc1[C@H]1CCN(C(=O)OC(C)(C)C)CC1=O. The number of para-hydroxylation sites is 1. The standard InChI is InChI=1S/C17H23NO4/c1-17(2,3)22-16(20)18-10-9-12(14(19)11-18)13-7-5-6-8-15(13)21-4/h5-8,12H,9-11H2,1-4H3/t12-/m1/s1. The van der Waals surface area contributed by atoms with Gasteiger partial charge in [0.2, 0.25) is 0 Å². The van der Waals surface area contributed by atoms with Gasteiger partial charge in [0.1, 0.15) is 11.4 Å². The lowest BCUT2D eigenvalue weighted by molar-refractivity contribution is -0.123. The Kier molecular flexibility index (Phi) is 4.74. The summed E-state index contributed by atoms with van der Waals surface area (Å²) in [5.41, 5.74) is 0.332. The fourth-order valence-electron chi connectivity index (χ4n) is 2.59. The number of methoxy groups -OCH3 is 1. The second kappa shape index (κ2) is 6.38. The molecular weight excluding hydrogens is 282 g/mol. The Hall–Kier alpha value is -2.04. The molecule has 1 aromatic rings. The topological polar surface area (TPSA) is 55.8 Å². The fourth-order valence-corrected chi connectivity index (χ4v) is 2.59. The molecule has 1 amide bonds. The highest BCUT2D eigenvalue weighted by Gasteiger charge is 2.33. The van der Waals surface area contributed by atoms with Gasteiger partial charge in [0.05, 0.1) is 13.7 Å². The third-order valence-corrected chi connectivity index (χ3v) is 3.59. The Bertz CT molecular complexity index is 562. The zero-order chi connectivity index (χ0) is 16.3. The maximum atomic E-state index is 12.4. The number of carbonyl (C=O) groups excluding carboxylic acids is 2. The lowest BCUT2D eigenvalue weighted by Gasteiger charge is -2.33. The van der Waals surface area contributed by atoms with Gasteiger partial charge in [-0.1, -0.05) is 18.2 Å². The molecule has 0 N–H and O–H groups in total. The molecule has 0 bridgehead atoms. The molecule has 1 saturated heterocycles. The van der Waals surface area contributed by atoms with Crippen LogP contribution in [-0.2, 0) is 9.53 Å². The maximum Gasteiger partial charge on any atom is 0.410 e. The first-order valence-corrected chi connectivity index (χ1v) is 7.45. The summed E-state index contributed by atoms with van der Waals surface area (Å²) < 4.78 is 10.7. The zero-order valence-corrected chi connectivity index (χ0v) is 13.6. The van der Waals surface area contributed by atoms with Crippen molar-refractivity contribution in [1.29, 1.82) is 0 Å². The van der Waals surface area contributed by atoms with Crippen LogP contribution in [0.4, 0.5) is 4.79 Å². The molecule has 0 aliphatic carbocycles. The normalized spacial score (nSPS) is 19.0. The number of carbonyl (C=O) groups is 2. The predicted octanol–water partition coefficient (Wildman–Crippen LogP) is 2.99. The number of ketones is 1. The molecule has 5 nitrogen and oxygen atoms in total. The van der Waals surface area contributed by atoms with Crippen molar-refractivity contribution in [3.8, 4) is 5.75 Å². The minimum Gasteiger partial charge on any atom is -0.496 e. The molecule has 0 saturated carbocycles. The molecule has 0 radical (unpaired) electrons. The minimum atomic E-state index is -0.556. The Morgan fingerprint density at radius 2 is 1.95 bits per heavy atom. The zero-order valence-electron chi connectivity index (χ0n) is 13.6. The van der Waals surface area contributed by atoms with E-state index in [1.165, 1.54) is 4.90 Å². The second-order valence-corrected chi connectivity index (χ2v) is 6.45. The summed E-state index contributed by atoms with van der Waals surface area (Å²) in [6.07, 6.45) is 0.151. The molecule has 120 valence electrons. The molecule has 0 aromatic heterocycles. The monoisotopic (exact) mass is 305 g/mol. The van der Waals surface area contributed by atoms with Crippen LogP contribution in [0.15, 0.2) is 24.3 Å². The number of Topliss-reactive ketones (excluding diaryl/α,β-unsaturated/α-hetero) is 1. The van der Waals surface area contributed by atoms with E-state index in [-0.39, 0.29) is 18.2 Å². The van der Waals surface area contributed by atoms with Gasteiger partial charge in [0.25, 0.3) is 0 Å². The van der Waals surface area contributed by atoms with Gasteiger partial charge in [-0.15, -0.1) is 0 Å². The first kappa shape index (κ1) is 16.3. The van der Waals surface area contributed by atoms with Crippen molar-refractivity contribution in [3.05, 3.63) is 29.8 Å². The van der Waals surface area contributed by atoms with Gasteiger partial charge >= 0.3 is 6.09 Å². The van der Waals surface area contributed by atoms with Crippen molar-refractivity contribution in [2.24, 2.45) is 0 Å². The van der Waals surface area contributed by atoms with E-state index in [0.29, 0.717) is 18.7 Å². The van der Waals surface area contributed by atoms with Gasteiger partial charge in [-0.2, -0.15) is 0 Å². The summed E-state index contributed by atoms with van der Waals surface area (Å²) in [5, 5.41) is 0. The average molecular weight is 305 g/mol. The van der Waals surface area contributed by atoms with Gasteiger partial charge in [-0.05, 0) is 33.3 Å². The average Bonchev–Trinajstić information content (AvgIpc) is 2.45. The number of piperidine rings is 1. The highest BCUT2D eigenvalue weighted by atomic mass is 16.6. The van der Waals surface area contributed by atoms with E-state index in [4.69, 9.17) is 9.47 Å². The molecule has 1 aliphatic heterocycles. The molecule has 0 spiro atoms. The van der Waals surface area contributed by atoms with E-state index in [0.717, 1.165) is 5.56 Å². The number of hydrogen-bond acceptors (Lipinski definition) is 4. The third kappa shape index (κ3) is 3.78. The first-order valence-electron chi connectivity index (χ1n) is 7.45. The van der Waals surface area contributed by atoms with E-state index in [1.807, 2.05) is 45.0 Å². The van der Waals surface area contributed by atoms with Crippen LogP contribution in [-0.4, -0.2) is 42.6 Å². The van der Waals surface area contributed by atoms with Crippen molar-refractivity contribution >= 4 is 11.9 Å². The molecule has 2 rings (SSSR count). The third-order valence-electron chi connectivity index (χ3n) is 3.59. The van der Waals surface area contributed by atoms with E-state index < -0.39 is 11.7 Å². The molecule has 0 unspecified atom stereocenters. The number of benzene rings is 1. The van der Waals surface area contributed by atoms with Crippen molar-refractivity contribution in [2.45, 2.75) is 38.7 Å². The molecular formula is C17H23NO4. The van der Waals surface area contributed by atoms with Crippen LogP contribution in [0.25, 0.3) is 0 Å². The smallest absolute Gasteiger partial charge is 0.410 e. The molecule has 1 atom stereocenters. The summed E-state index contributed by atoms with van der Waals surface area (Å²) >= 11 is 0. The predicted molar refractivity (Wildman–Crippen MR) is 83.2 cm³/mol. The lowest BCUT2D eigenvalue weighted by Crippen LogP contribution is -2.45. The van der Waals surface area contributed by atoms with Gasteiger partial charge in [-0.3, -0.25) is 4.79 Å². The van der Waals surface area contributed by atoms with Crippen molar-refractivity contribution in [1.82, 2.24) is 4.90 Å². The summed E-state index contributed by atoms with van der Waals surface area (Å²) in [6.45, 7) is 6.03. The van der Waals surface area contributed by atoms with E-state index in [1.54, 1.807) is 7.11 Å². The van der Waals surface area contributed by atoms with E-state index in [9.17, 15) is 9.59 Å². The Morgan fingerprint density at radius 3 is 2.55 bits per heavy atom. The minimum absolute atomic E-state index is 0.0154. The number of nitrogens with zero attached hydrogens (tertiary/aromatic N) is 1. The molecule has 22 heavy (non-hydrogen) atoms. The van der Waals surface area contributed by atoms with E-state index >= 15 is 0 Å². The molecule has 1 fully saturated rings. The summed E-state index contributed by atoms with van der Waals surface area (Å²) in [6, 6.07) is 7.53. The van der Waals surface area contributed by atoms with Gasteiger partial charge < -0.3 is 14.4 Å². The first-order chi connectivity index (χ1) is 10.3. The Labute approximate surface area is 131 Å². The number of likely N-dealkylation sites (tertiary alicyclic amines) is 1. The van der Waals surface area contributed by atoms with E-state index in [2.05, 4.69) is 0 Å². The van der Waals surface area contributed by atoms with Crippen molar-refractivity contribution < 1.29 is 19.1 Å². The molecule has 1 aromatic carbocycles. The van der Waals surface area contributed by atoms with Crippen LogP contribution >= 0.6 is 0 Å². The van der Waals surface area contributed by atoms with Gasteiger partial charge in [-0.25, -0.2) is 4.79 Å². The number of amides is 1. The van der Waals surface area contributed by atoms with Crippen LogP contribution in [0.1, 0.15) is 38.7 Å². The van der Waals surface area contributed by atoms with Crippen LogP contribution in [0.2, 0.25) is 0 Å². The Balaban J connectivity index is 2.07. The molecule has 5 heteroatoms. The Morgan fingerprint density at radius 1 is 1.27 bits per heavy atom. The highest BCUT2D eigenvalue weighted by molar-refractivity contribution is 5.91. The van der Waals surface area contributed by atoms with Crippen LogP contribution in [0.3, 0.4) is 0 Å². The maximum absolute atomic E-state index is 12.4. The lowest BCUT2D eigenvalue weighted by atomic mass is 9.88. The second-order valence-electron chi connectivity index (χ2n) is 6.45. The summed E-state index contributed by atoms with van der Waals surface area (Å²) in [4.78, 5) is 26.0. The van der Waals surface area contributed by atoms with Crippen molar-refractivity contribution in [2.75, 3.05) is 20.2 Å². The van der Waals surface area contributed by atoms with Crippen LogP contribution in [0.5, 0.6) is 5.75 Å².